The smallest absolute Gasteiger partial charge is 0.330 e. The molecule has 3 N–H and O–H groups in total. The molecule has 0 spiro atoms. The minimum absolute atomic E-state index is 0.00154. The Morgan fingerprint density at radius 1 is 1.21 bits per heavy atom. The molecule has 3 atom stereocenters. The lowest BCUT2D eigenvalue weighted by molar-refractivity contribution is -0.199. The first-order valence-corrected chi connectivity index (χ1v) is 8.18. The standard InChI is InChI=1S/C15H24N4O5/c1-9-4-3-5-10(2)18(9)8-11(20)17-14(16)15(23)24-19-12(21)6-7-13(19)22/h9-10,14H,3-8,16H2,1-2H3,(H,17,20). The predicted molar refractivity (Wildman–Crippen MR) is 82.8 cm³/mol. The van der Waals surface area contributed by atoms with Gasteiger partial charge >= 0.3 is 5.97 Å². The molecule has 2 saturated heterocycles. The number of piperidine rings is 1. The van der Waals surface area contributed by atoms with Crippen LogP contribution in [0.15, 0.2) is 0 Å². The van der Waals surface area contributed by atoms with E-state index in [4.69, 9.17) is 5.73 Å². The zero-order valence-corrected chi connectivity index (χ0v) is 14.0. The van der Waals surface area contributed by atoms with Crippen molar-refractivity contribution in [3.8, 4) is 0 Å². The largest absolute Gasteiger partial charge is 0.369 e. The molecule has 0 aromatic rings. The Kier molecular flexibility index (Phi) is 5.89. The summed E-state index contributed by atoms with van der Waals surface area (Å²) in [7, 11) is 0. The fourth-order valence-electron chi connectivity index (χ4n) is 3.03. The first kappa shape index (κ1) is 18.3. The Bertz CT molecular complexity index is 512. The Morgan fingerprint density at radius 2 is 1.75 bits per heavy atom. The highest BCUT2D eigenvalue weighted by atomic mass is 16.7. The van der Waals surface area contributed by atoms with E-state index in [1.807, 2.05) is 0 Å². The maximum absolute atomic E-state index is 12.1. The summed E-state index contributed by atoms with van der Waals surface area (Å²) in [5.74, 6) is -2.64. The molecule has 2 fully saturated rings. The molecule has 0 aromatic heterocycles. The number of likely N-dealkylation sites (tertiary alicyclic amines) is 1. The van der Waals surface area contributed by atoms with Crippen molar-refractivity contribution in [2.45, 2.75) is 64.2 Å². The summed E-state index contributed by atoms with van der Waals surface area (Å²) in [6, 6.07) is 0.560. The zero-order valence-electron chi connectivity index (χ0n) is 14.0. The van der Waals surface area contributed by atoms with Crippen LogP contribution >= 0.6 is 0 Å². The molecule has 3 amide bonds. The summed E-state index contributed by atoms with van der Waals surface area (Å²) in [6.45, 7) is 4.24. The Balaban J connectivity index is 1.83. The number of hydrogen-bond acceptors (Lipinski definition) is 7. The molecule has 0 bridgehead atoms. The average Bonchev–Trinajstić information content (AvgIpc) is 2.83. The number of hydrogen-bond donors (Lipinski definition) is 2. The first-order valence-electron chi connectivity index (χ1n) is 8.18. The van der Waals surface area contributed by atoms with Gasteiger partial charge in [0.25, 0.3) is 11.8 Å². The minimum atomic E-state index is -1.44. The molecule has 0 aromatic carbocycles. The summed E-state index contributed by atoms with van der Waals surface area (Å²) in [5.41, 5.74) is 5.59. The summed E-state index contributed by atoms with van der Waals surface area (Å²) in [6.07, 6.45) is 1.73. The van der Waals surface area contributed by atoms with E-state index in [2.05, 4.69) is 28.9 Å². The highest BCUT2D eigenvalue weighted by Crippen LogP contribution is 2.21. The molecular weight excluding hydrogens is 316 g/mol. The third-order valence-corrected chi connectivity index (χ3v) is 4.46. The van der Waals surface area contributed by atoms with Crippen LogP contribution in [0, 0.1) is 0 Å². The van der Waals surface area contributed by atoms with Crippen molar-refractivity contribution >= 4 is 23.7 Å². The topological polar surface area (TPSA) is 122 Å². The lowest BCUT2D eigenvalue weighted by Gasteiger charge is -2.38. The van der Waals surface area contributed by atoms with Crippen LogP contribution in [-0.4, -0.2) is 58.4 Å². The van der Waals surface area contributed by atoms with Crippen LogP contribution in [0.3, 0.4) is 0 Å². The number of rotatable bonds is 5. The lowest BCUT2D eigenvalue weighted by Crippen LogP contribution is -2.55. The summed E-state index contributed by atoms with van der Waals surface area (Å²) >= 11 is 0. The van der Waals surface area contributed by atoms with Crippen molar-refractivity contribution in [2.75, 3.05) is 6.54 Å². The monoisotopic (exact) mass is 340 g/mol. The molecule has 9 nitrogen and oxygen atoms in total. The van der Waals surface area contributed by atoms with Gasteiger partial charge < -0.3 is 15.9 Å². The first-order chi connectivity index (χ1) is 11.3. The predicted octanol–water partition coefficient (Wildman–Crippen LogP) is -0.742. The van der Waals surface area contributed by atoms with Crippen molar-refractivity contribution in [1.82, 2.24) is 15.3 Å². The average molecular weight is 340 g/mol. The number of amides is 3. The molecule has 2 aliphatic heterocycles. The van der Waals surface area contributed by atoms with E-state index in [1.54, 1.807) is 0 Å². The molecule has 0 radical (unpaired) electrons. The van der Waals surface area contributed by atoms with Crippen LogP contribution in [0.1, 0.15) is 46.0 Å². The summed E-state index contributed by atoms with van der Waals surface area (Å²) in [4.78, 5) is 53.4. The molecule has 24 heavy (non-hydrogen) atoms. The second-order valence-corrected chi connectivity index (χ2v) is 6.34. The normalized spacial score (nSPS) is 26.4. The maximum Gasteiger partial charge on any atom is 0.369 e. The van der Waals surface area contributed by atoms with Gasteiger partial charge in [-0.15, -0.1) is 5.06 Å². The molecule has 9 heteroatoms. The van der Waals surface area contributed by atoms with Gasteiger partial charge in [-0.1, -0.05) is 6.42 Å². The van der Waals surface area contributed by atoms with E-state index < -0.39 is 29.9 Å². The fourth-order valence-corrected chi connectivity index (χ4v) is 3.03. The zero-order chi connectivity index (χ0) is 17.9. The molecule has 2 rings (SSSR count). The van der Waals surface area contributed by atoms with E-state index in [0.29, 0.717) is 5.06 Å². The molecular formula is C15H24N4O5. The van der Waals surface area contributed by atoms with Gasteiger partial charge in [0, 0.05) is 24.9 Å². The van der Waals surface area contributed by atoms with E-state index >= 15 is 0 Å². The van der Waals surface area contributed by atoms with Gasteiger partial charge in [0.05, 0.1) is 6.54 Å². The van der Waals surface area contributed by atoms with Crippen molar-refractivity contribution in [2.24, 2.45) is 5.73 Å². The summed E-state index contributed by atoms with van der Waals surface area (Å²) < 4.78 is 0. The second-order valence-electron chi connectivity index (χ2n) is 6.34. The van der Waals surface area contributed by atoms with Crippen molar-refractivity contribution in [3.05, 3.63) is 0 Å². The van der Waals surface area contributed by atoms with Crippen LogP contribution in [-0.2, 0) is 24.0 Å². The van der Waals surface area contributed by atoms with Gasteiger partial charge in [-0.3, -0.25) is 19.3 Å². The molecule has 0 saturated carbocycles. The number of nitrogens with zero attached hydrogens (tertiary/aromatic N) is 2. The van der Waals surface area contributed by atoms with E-state index in [0.717, 1.165) is 19.3 Å². The fraction of sp³-hybridized carbons (Fsp3) is 0.733. The van der Waals surface area contributed by atoms with Crippen molar-refractivity contribution in [1.29, 1.82) is 0 Å². The Labute approximate surface area is 140 Å². The molecule has 3 unspecified atom stereocenters. The lowest BCUT2D eigenvalue weighted by atomic mass is 9.97. The molecule has 2 aliphatic rings. The van der Waals surface area contributed by atoms with Crippen LogP contribution in [0.5, 0.6) is 0 Å². The van der Waals surface area contributed by atoms with E-state index in [9.17, 15) is 19.2 Å². The highest BCUT2D eigenvalue weighted by molar-refractivity contribution is 6.01. The number of nitrogens with one attached hydrogen (secondary N) is 1. The third kappa shape index (κ3) is 4.30. The Morgan fingerprint density at radius 3 is 2.29 bits per heavy atom. The quantitative estimate of drug-likeness (QED) is 0.499. The third-order valence-electron chi connectivity index (χ3n) is 4.46. The van der Waals surface area contributed by atoms with Gasteiger partial charge in [0.2, 0.25) is 5.91 Å². The van der Waals surface area contributed by atoms with Crippen LogP contribution in [0.2, 0.25) is 0 Å². The van der Waals surface area contributed by atoms with Gasteiger partial charge in [-0.25, -0.2) is 4.79 Å². The van der Waals surface area contributed by atoms with E-state index in [1.165, 1.54) is 0 Å². The number of imide groups is 1. The number of carbonyl (C=O) groups excluding carboxylic acids is 4. The van der Waals surface area contributed by atoms with Crippen LogP contribution < -0.4 is 11.1 Å². The maximum atomic E-state index is 12.1. The van der Waals surface area contributed by atoms with Crippen LogP contribution in [0.25, 0.3) is 0 Å². The number of nitrogens with two attached hydrogens (primary N) is 1. The Hall–Kier alpha value is -2.00. The highest BCUT2D eigenvalue weighted by Gasteiger charge is 2.35. The summed E-state index contributed by atoms with van der Waals surface area (Å²) in [5, 5.41) is 2.75. The van der Waals surface area contributed by atoms with Crippen LogP contribution in [0.4, 0.5) is 0 Å². The van der Waals surface area contributed by atoms with Crippen molar-refractivity contribution < 1.29 is 24.0 Å². The van der Waals surface area contributed by atoms with Gasteiger partial charge in [0.15, 0.2) is 6.17 Å². The molecule has 2 heterocycles. The van der Waals surface area contributed by atoms with Gasteiger partial charge in [-0.05, 0) is 26.7 Å². The SMILES string of the molecule is CC1CCCC(C)N1CC(=O)NC(N)C(=O)ON1C(=O)CCC1=O. The molecule has 0 aliphatic carbocycles. The minimum Gasteiger partial charge on any atom is -0.330 e. The van der Waals surface area contributed by atoms with Gasteiger partial charge in [-0.2, -0.15) is 0 Å². The number of carbonyl (C=O) groups is 4. The molecule has 134 valence electrons. The van der Waals surface area contributed by atoms with Crippen molar-refractivity contribution in [3.63, 3.8) is 0 Å². The van der Waals surface area contributed by atoms with Gasteiger partial charge in [0.1, 0.15) is 0 Å². The van der Waals surface area contributed by atoms with E-state index in [-0.39, 0.29) is 31.5 Å². The second kappa shape index (κ2) is 7.71. The number of hydroxylamine groups is 2.